The Labute approximate surface area is 125 Å². The van der Waals surface area contributed by atoms with Crippen LogP contribution in [-0.2, 0) is 6.54 Å². The van der Waals surface area contributed by atoms with E-state index in [-0.39, 0.29) is 11.6 Å². The number of aromatic carboxylic acids is 1. The van der Waals surface area contributed by atoms with Crippen molar-refractivity contribution in [3.63, 3.8) is 0 Å². The third kappa shape index (κ3) is 6.00. The quantitative estimate of drug-likeness (QED) is 0.597. The Bertz CT molecular complexity index is 517. The average Bonchev–Trinajstić information content (AvgIpc) is 2.47. The lowest BCUT2D eigenvalue weighted by atomic mass is 10.1. The van der Waals surface area contributed by atoms with Gasteiger partial charge in [-0.3, -0.25) is 0 Å². The Hall–Kier alpha value is -2.48. The molecule has 2 N–H and O–H groups in total. The van der Waals surface area contributed by atoms with Gasteiger partial charge in [-0.15, -0.1) is 12.3 Å². The number of benzene rings is 1. The summed E-state index contributed by atoms with van der Waals surface area (Å²) in [4.78, 5) is 24.1. The number of unbranched alkanes of at least 4 members (excludes halogenated alkanes) is 2. The molecule has 1 rings (SSSR count). The molecule has 1 aromatic carbocycles. The molecule has 5 nitrogen and oxygen atoms in total. The summed E-state index contributed by atoms with van der Waals surface area (Å²) in [6, 6.07) is 6.32. The maximum Gasteiger partial charge on any atom is 0.335 e. The van der Waals surface area contributed by atoms with Gasteiger partial charge in [0.05, 0.1) is 5.56 Å². The number of hydrogen-bond acceptors (Lipinski definition) is 2. The van der Waals surface area contributed by atoms with Gasteiger partial charge in [0.15, 0.2) is 0 Å². The lowest BCUT2D eigenvalue weighted by Gasteiger charge is -2.18. The first-order chi connectivity index (χ1) is 10.0. The zero-order chi connectivity index (χ0) is 15.7. The van der Waals surface area contributed by atoms with Crippen LogP contribution in [0.15, 0.2) is 24.3 Å². The van der Waals surface area contributed by atoms with Crippen LogP contribution in [0.3, 0.4) is 0 Å². The third-order valence-corrected chi connectivity index (χ3v) is 2.99. The SMILES string of the molecule is C#CCCCCNC(=O)N(C)Cc1ccc(C(=O)O)cc1. The molecule has 0 heterocycles. The summed E-state index contributed by atoms with van der Waals surface area (Å²) >= 11 is 0. The van der Waals surface area contributed by atoms with E-state index in [4.69, 9.17) is 11.5 Å². The maximum absolute atomic E-state index is 11.8. The molecule has 0 aliphatic rings. The fourth-order valence-electron chi connectivity index (χ4n) is 1.78. The molecule has 0 aliphatic heterocycles. The van der Waals surface area contributed by atoms with E-state index in [0.29, 0.717) is 13.1 Å². The first-order valence-electron chi connectivity index (χ1n) is 6.79. The van der Waals surface area contributed by atoms with E-state index in [0.717, 1.165) is 24.8 Å². The number of rotatable bonds is 7. The smallest absolute Gasteiger partial charge is 0.335 e. The van der Waals surface area contributed by atoms with Gasteiger partial charge >= 0.3 is 12.0 Å². The van der Waals surface area contributed by atoms with Crippen molar-refractivity contribution in [1.29, 1.82) is 0 Å². The highest BCUT2D eigenvalue weighted by Gasteiger charge is 2.09. The highest BCUT2D eigenvalue weighted by atomic mass is 16.4. The van der Waals surface area contributed by atoms with E-state index < -0.39 is 5.97 Å². The van der Waals surface area contributed by atoms with Crippen molar-refractivity contribution in [3.05, 3.63) is 35.4 Å². The van der Waals surface area contributed by atoms with Crippen molar-refractivity contribution in [2.45, 2.75) is 25.8 Å². The second-order valence-corrected chi connectivity index (χ2v) is 4.75. The van der Waals surface area contributed by atoms with Gasteiger partial charge in [0, 0.05) is 26.6 Å². The second kappa shape index (κ2) is 8.64. The van der Waals surface area contributed by atoms with Gasteiger partial charge in [-0.25, -0.2) is 9.59 Å². The predicted octanol–water partition coefficient (Wildman–Crippen LogP) is 2.33. The lowest BCUT2D eigenvalue weighted by molar-refractivity contribution is 0.0697. The number of carboxylic acid groups (broad SMARTS) is 1. The van der Waals surface area contributed by atoms with Gasteiger partial charge in [-0.2, -0.15) is 0 Å². The maximum atomic E-state index is 11.8. The van der Waals surface area contributed by atoms with E-state index in [9.17, 15) is 9.59 Å². The Morgan fingerprint density at radius 1 is 1.29 bits per heavy atom. The number of urea groups is 1. The minimum atomic E-state index is -0.959. The van der Waals surface area contributed by atoms with Gasteiger partial charge in [-0.1, -0.05) is 12.1 Å². The molecule has 0 saturated carbocycles. The van der Waals surface area contributed by atoms with E-state index >= 15 is 0 Å². The van der Waals surface area contributed by atoms with Crippen LogP contribution >= 0.6 is 0 Å². The van der Waals surface area contributed by atoms with E-state index in [1.165, 1.54) is 12.1 Å². The zero-order valence-corrected chi connectivity index (χ0v) is 12.1. The standard InChI is InChI=1S/C16H20N2O3/c1-3-4-5-6-11-17-16(21)18(2)12-13-7-9-14(10-8-13)15(19)20/h1,7-10H,4-6,11-12H2,2H3,(H,17,21)(H,19,20). The van der Waals surface area contributed by atoms with E-state index in [2.05, 4.69) is 11.2 Å². The highest BCUT2D eigenvalue weighted by Crippen LogP contribution is 2.07. The monoisotopic (exact) mass is 288 g/mol. The number of carbonyl (C=O) groups excluding carboxylic acids is 1. The molecule has 0 aromatic heterocycles. The Balaban J connectivity index is 2.38. The molecular weight excluding hydrogens is 268 g/mol. The van der Waals surface area contributed by atoms with Gasteiger partial charge in [0.1, 0.15) is 0 Å². The summed E-state index contributed by atoms with van der Waals surface area (Å²) in [5.74, 6) is 1.60. The number of nitrogens with zero attached hydrogens (tertiary/aromatic N) is 1. The van der Waals surface area contributed by atoms with Crippen LogP contribution in [0.2, 0.25) is 0 Å². The first kappa shape index (κ1) is 16.6. The van der Waals surface area contributed by atoms with Gasteiger partial charge in [-0.05, 0) is 30.5 Å². The third-order valence-electron chi connectivity index (χ3n) is 2.99. The van der Waals surface area contributed by atoms with Crippen LogP contribution in [0.1, 0.15) is 35.2 Å². The van der Waals surface area contributed by atoms with Crippen LogP contribution in [0.5, 0.6) is 0 Å². The number of carboxylic acids is 1. The molecular formula is C16H20N2O3. The fourth-order valence-corrected chi connectivity index (χ4v) is 1.78. The van der Waals surface area contributed by atoms with E-state index in [1.807, 2.05) is 0 Å². The molecule has 0 saturated heterocycles. The summed E-state index contributed by atoms with van der Waals surface area (Å²) in [6.45, 7) is 1.03. The molecule has 0 spiro atoms. The number of amides is 2. The van der Waals surface area contributed by atoms with Crippen molar-refractivity contribution < 1.29 is 14.7 Å². The molecule has 0 unspecified atom stereocenters. The summed E-state index contributed by atoms with van der Waals surface area (Å²) in [5.41, 5.74) is 1.12. The number of carbonyl (C=O) groups is 2. The van der Waals surface area contributed by atoms with Crippen LogP contribution < -0.4 is 5.32 Å². The Morgan fingerprint density at radius 2 is 1.95 bits per heavy atom. The second-order valence-electron chi connectivity index (χ2n) is 4.75. The molecule has 0 fully saturated rings. The van der Waals surface area contributed by atoms with Crippen LogP contribution in [-0.4, -0.2) is 35.6 Å². The zero-order valence-electron chi connectivity index (χ0n) is 12.1. The fraction of sp³-hybridized carbons (Fsp3) is 0.375. The number of nitrogens with one attached hydrogen (secondary N) is 1. The summed E-state index contributed by atoms with van der Waals surface area (Å²) in [7, 11) is 1.70. The molecule has 1 aromatic rings. The molecule has 0 atom stereocenters. The van der Waals surface area contributed by atoms with Crippen molar-refractivity contribution in [1.82, 2.24) is 10.2 Å². The molecule has 0 radical (unpaired) electrons. The predicted molar refractivity (Wildman–Crippen MR) is 81.0 cm³/mol. The molecule has 112 valence electrons. The minimum absolute atomic E-state index is 0.155. The topological polar surface area (TPSA) is 69.6 Å². The average molecular weight is 288 g/mol. The first-order valence-corrected chi connectivity index (χ1v) is 6.79. The van der Waals surface area contributed by atoms with Crippen LogP contribution in [0.4, 0.5) is 4.79 Å². The van der Waals surface area contributed by atoms with Gasteiger partial charge in [0.25, 0.3) is 0 Å². The van der Waals surface area contributed by atoms with Crippen molar-refractivity contribution in [2.75, 3.05) is 13.6 Å². The Morgan fingerprint density at radius 3 is 2.52 bits per heavy atom. The largest absolute Gasteiger partial charge is 0.478 e. The molecule has 21 heavy (non-hydrogen) atoms. The van der Waals surface area contributed by atoms with E-state index in [1.54, 1.807) is 24.1 Å². The van der Waals surface area contributed by atoms with Crippen molar-refractivity contribution in [3.8, 4) is 12.3 Å². The van der Waals surface area contributed by atoms with Crippen LogP contribution in [0.25, 0.3) is 0 Å². The Kier molecular flexibility index (Phi) is 6.82. The lowest BCUT2D eigenvalue weighted by Crippen LogP contribution is -2.37. The molecule has 0 aliphatic carbocycles. The minimum Gasteiger partial charge on any atom is -0.478 e. The molecule has 5 heteroatoms. The summed E-state index contributed by atoms with van der Waals surface area (Å²) in [5, 5.41) is 11.6. The molecule has 2 amide bonds. The van der Waals surface area contributed by atoms with Gasteiger partial charge in [0.2, 0.25) is 0 Å². The van der Waals surface area contributed by atoms with Crippen molar-refractivity contribution in [2.24, 2.45) is 0 Å². The normalized spacial score (nSPS) is 9.71. The highest BCUT2D eigenvalue weighted by molar-refractivity contribution is 5.87. The summed E-state index contributed by atoms with van der Waals surface area (Å²) in [6.07, 6.45) is 7.63. The van der Waals surface area contributed by atoms with Crippen LogP contribution in [0, 0.1) is 12.3 Å². The van der Waals surface area contributed by atoms with Crippen molar-refractivity contribution >= 4 is 12.0 Å². The number of terminal acetylenes is 1. The summed E-state index contributed by atoms with van der Waals surface area (Å²) < 4.78 is 0. The molecule has 0 bridgehead atoms. The van der Waals surface area contributed by atoms with Gasteiger partial charge < -0.3 is 15.3 Å². The number of hydrogen-bond donors (Lipinski definition) is 2.